The maximum atomic E-state index is 4.43. The molecule has 0 saturated heterocycles. The number of hydrogen-bond donors (Lipinski definition) is 2. The summed E-state index contributed by atoms with van der Waals surface area (Å²) in [6.07, 6.45) is 0. The second-order valence-electron chi connectivity index (χ2n) is 4.67. The lowest BCUT2D eigenvalue weighted by Gasteiger charge is -2.26. The minimum Gasteiger partial charge on any atom is -0.294 e. The molecule has 0 spiro atoms. The molecule has 3 rings (SSSR count). The SMILES string of the molecule is Sc1cccc(N(Nc2ccccc2)c2ccccc2)c1. The lowest BCUT2D eigenvalue weighted by molar-refractivity contribution is 1.15. The second kappa shape index (κ2) is 6.37. The fraction of sp³-hybridized carbons (Fsp3) is 0. The fourth-order valence-electron chi connectivity index (χ4n) is 2.13. The Morgan fingerprint density at radius 3 is 1.95 bits per heavy atom. The molecule has 1 N–H and O–H groups in total. The number of hydrazine groups is 1. The summed E-state index contributed by atoms with van der Waals surface area (Å²) in [6.45, 7) is 0. The molecule has 0 bridgehead atoms. The van der Waals surface area contributed by atoms with Gasteiger partial charge in [0, 0.05) is 4.90 Å². The van der Waals surface area contributed by atoms with Gasteiger partial charge in [-0.15, -0.1) is 12.6 Å². The van der Waals surface area contributed by atoms with Gasteiger partial charge in [-0.05, 0) is 42.5 Å². The minimum absolute atomic E-state index is 0.934. The molecule has 0 atom stereocenters. The molecular formula is C18H16N2S. The van der Waals surface area contributed by atoms with Crippen molar-refractivity contribution in [3.63, 3.8) is 0 Å². The Morgan fingerprint density at radius 2 is 1.29 bits per heavy atom. The minimum atomic E-state index is 0.934. The van der Waals surface area contributed by atoms with Crippen molar-refractivity contribution >= 4 is 29.7 Å². The molecule has 2 nitrogen and oxygen atoms in total. The summed E-state index contributed by atoms with van der Waals surface area (Å²) in [7, 11) is 0. The van der Waals surface area contributed by atoms with E-state index < -0.39 is 0 Å². The summed E-state index contributed by atoms with van der Waals surface area (Å²) in [6, 6.07) is 28.4. The smallest absolute Gasteiger partial charge is 0.0641 e. The number of rotatable bonds is 4. The van der Waals surface area contributed by atoms with Crippen LogP contribution in [-0.4, -0.2) is 0 Å². The van der Waals surface area contributed by atoms with Crippen LogP contribution >= 0.6 is 12.6 Å². The van der Waals surface area contributed by atoms with Gasteiger partial charge in [0.25, 0.3) is 0 Å². The molecule has 21 heavy (non-hydrogen) atoms. The molecule has 3 heteroatoms. The highest BCUT2D eigenvalue weighted by Gasteiger charge is 2.09. The van der Waals surface area contributed by atoms with Gasteiger partial charge in [0.05, 0.1) is 17.1 Å². The molecule has 0 heterocycles. The van der Waals surface area contributed by atoms with Gasteiger partial charge < -0.3 is 0 Å². The number of hydrogen-bond acceptors (Lipinski definition) is 3. The molecule has 0 fully saturated rings. The lowest BCUT2D eigenvalue weighted by Crippen LogP contribution is -2.24. The zero-order valence-corrected chi connectivity index (χ0v) is 12.4. The monoisotopic (exact) mass is 292 g/mol. The standard InChI is InChI=1S/C18H16N2S/c21-18-13-7-12-17(14-18)20(16-10-5-2-6-11-16)19-15-8-3-1-4-9-15/h1-14,19,21H. The van der Waals surface area contributed by atoms with E-state index in [1.165, 1.54) is 0 Å². The van der Waals surface area contributed by atoms with Crippen LogP contribution in [0.25, 0.3) is 0 Å². The van der Waals surface area contributed by atoms with Crippen molar-refractivity contribution in [2.24, 2.45) is 0 Å². The summed E-state index contributed by atoms with van der Waals surface area (Å²) in [4.78, 5) is 0.934. The van der Waals surface area contributed by atoms with E-state index in [0.717, 1.165) is 22.0 Å². The number of benzene rings is 3. The number of para-hydroxylation sites is 2. The van der Waals surface area contributed by atoms with E-state index >= 15 is 0 Å². The summed E-state index contributed by atoms with van der Waals surface area (Å²) in [5.41, 5.74) is 6.58. The molecule has 0 unspecified atom stereocenters. The summed E-state index contributed by atoms with van der Waals surface area (Å²) in [5, 5.41) is 2.05. The molecule has 0 aliphatic carbocycles. The zero-order chi connectivity index (χ0) is 14.5. The molecule has 3 aromatic rings. The van der Waals surface area contributed by atoms with E-state index in [1.807, 2.05) is 66.7 Å². The van der Waals surface area contributed by atoms with Crippen LogP contribution in [0.5, 0.6) is 0 Å². The number of nitrogens with zero attached hydrogens (tertiary/aromatic N) is 1. The van der Waals surface area contributed by atoms with Crippen molar-refractivity contribution < 1.29 is 0 Å². The van der Waals surface area contributed by atoms with Crippen molar-refractivity contribution in [3.8, 4) is 0 Å². The summed E-state index contributed by atoms with van der Waals surface area (Å²) in [5.74, 6) is 0. The third kappa shape index (κ3) is 3.38. The summed E-state index contributed by atoms with van der Waals surface area (Å²) >= 11 is 4.43. The van der Waals surface area contributed by atoms with Gasteiger partial charge in [0.2, 0.25) is 0 Å². The first-order chi connectivity index (χ1) is 10.3. The van der Waals surface area contributed by atoms with Crippen molar-refractivity contribution in [1.29, 1.82) is 0 Å². The third-order valence-corrected chi connectivity index (χ3v) is 3.40. The highest BCUT2D eigenvalue weighted by molar-refractivity contribution is 7.80. The predicted octanol–water partition coefficient (Wildman–Crippen LogP) is 5.14. The Labute approximate surface area is 130 Å². The van der Waals surface area contributed by atoms with Gasteiger partial charge in [-0.25, -0.2) is 0 Å². The van der Waals surface area contributed by atoms with E-state index in [0.29, 0.717) is 0 Å². The molecule has 3 aromatic carbocycles. The van der Waals surface area contributed by atoms with Crippen molar-refractivity contribution in [3.05, 3.63) is 84.9 Å². The van der Waals surface area contributed by atoms with Crippen LogP contribution < -0.4 is 10.4 Å². The Kier molecular flexibility index (Phi) is 4.12. The van der Waals surface area contributed by atoms with Crippen molar-refractivity contribution in [2.75, 3.05) is 10.4 Å². The average molecular weight is 292 g/mol. The summed E-state index contributed by atoms with van der Waals surface area (Å²) < 4.78 is 0. The number of nitrogens with one attached hydrogen (secondary N) is 1. The topological polar surface area (TPSA) is 15.3 Å². The van der Waals surface area contributed by atoms with E-state index in [2.05, 4.69) is 41.3 Å². The molecule has 0 saturated carbocycles. The first-order valence-electron chi connectivity index (χ1n) is 6.79. The first-order valence-corrected chi connectivity index (χ1v) is 7.23. The molecule has 104 valence electrons. The quantitative estimate of drug-likeness (QED) is 0.511. The number of thiol groups is 1. The van der Waals surface area contributed by atoms with Gasteiger partial charge >= 0.3 is 0 Å². The predicted molar refractivity (Wildman–Crippen MR) is 92.3 cm³/mol. The van der Waals surface area contributed by atoms with Gasteiger partial charge in [0.15, 0.2) is 0 Å². The molecule has 0 radical (unpaired) electrons. The molecule has 0 aliphatic heterocycles. The van der Waals surface area contributed by atoms with Gasteiger partial charge in [0.1, 0.15) is 0 Å². The zero-order valence-electron chi connectivity index (χ0n) is 11.5. The van der Waals surface area contributed by atoms with Crippen molar-refractivity contribution in [2.45, 2.75) is 4.90 Å². The van der Waals surface area contributed by atoms with Crippen molar-refractivity contribution in [1.82, 2.24) is 0 Å². The fourth-order valence-corrected chi connectivity index (χ4v) is 2.35. The number of anilines is 3. The maximum absolute atomic E-state index is 4.43. The van der Waals surface area contributed by atoms with Gasteiger partial charge in [-0.1, -0.05) is 42.5 Å². The Bertz CT molecular complexity index is 699. The molecular weight excluding hydrogens is 276 g/mol. The van der Waals surface area contributed by atoms with Crippen LogP contribution in [0.3, 0.4) is 0 Å². The molecule has 0 aromatic heterocycles. The van der Waals surface area contributed by atoms with E-state index in [1.54, 1.807) is 0 Å². The van der Waals surface area contributed by atoms with Crippen LogP contribution in [0.2, 0.25) is 0 Å². The Hall–Kier alpha value is -2.39. The van der Waals surface area contributed by atoms with Gasteiger partial charge in [-0.3, -0.25) is 10.4 Å². The van der Waals surface area contributed by atoms with E-state index in [4.69, 9.17) is 0 Å². The highest BCUT2D eigenvalue weighted by Crippen LogP contribution is 2.27. The lowest BCUT2D eigenvalue weighted by atomic mass is 10.2. The average Bonchev–Trinajstić information content (AvgIpc) is 2.54. The normalized spacial score (nSPS) is 10.1. The maximum Gasteiger partial charge on any atom is 0.0641 e. The van der Waals surface area contributed by atoms with Crippen LogP contribution in [0.1, 0.15) is 0 Å². The van der Waals surface area contributed by atoms with Gasteiger partial charge in [-0.2, -0.15) is 0 Å². The van der Waals surface area contributed by atoms with Crippen LogP contribution in [0.4, 0.5) is 17.1 Å². The third-order valence-electron chi connectivity index (χ3n) is 3.12. The Balaban J connectivity index is 1.99. The molecule has 0 amide bonds. The first kappa shape index (κ1) is 13.6. The Morgan fingerprint density at radius 1 is 0.667 bits per heavy atom. The highest BCUT2D eigenvalue weighted by atomic mass is 32.1. The molecule has 0 aliphatic rings. The van der Waals surface area contributed by atoms with E-state index in [9.17, 15) is 0 Å². The second-order valence-corrected chi connectivity index (χ2v) is 5.19. The van der Waals surface area contributed by atoms with Crippen LogP contribution in [0, 0.1) is 0 Å². The van der Waals surface area contributed by atoms with E-state index in [-0.39, 0.29) is 0 Å². The van der Waals surface area contributed by atoms with Crippen LogP contribution in [-0.2, 0) is 0 Å². The largest absolute Gasteiger partial charge is 0.294 e. The van der Waals surface area contributed by atoms with Crippen LogP contribution in [0.15, 0.2) is 89.8 Å².